The summed E-state index contributed by atoms with van der Waals surface area (Å²) >= 11 is 0. The smallest absolute Gasteiger partial charge is 0.359 e. The maximum absolute atomic E-state index is 12.0. The summed E-state index contributed by atoms with van der Waals surface area (Å²) in [5, 5.41) is 0. The highest BCUT2D eigenvalue weighted by atomic mass is 32.3. The summed E-state index contributed by atoms with van der Waals surface area (Å²) in [6.07, 6.45) is 1.01. The molecule has 0 saturated carbocycles. The molecule has 0 unspecified atom stereocenters. The van der Waals surface area contributed by atoms with Crippen LogP contribution in [0, 0.1) is 0 Å². The Morgan fingerprint density at radius 3 is 2.22 bits per heavy atom. The molecule has 96 valence electrons. The first kappa shape index (κ1) is 14.3. The van der Waals surface area contributed by atoms with Crippen molar-refractivity contribution >= 4 is 24.1 Å². The monoisotopic (exact) mass is 286 g/mol. The third-order valence-corrected chi connectivity index (χ3v) is 6.11. The Morgan fingerprint density at radius 1 is 1.22 bits per heavy atom. The maximum atomic E-state index is 12.0. The Morgan fingerprint density at radius 2 is 1.78 bits per heavy atom. The molecule has 0 aliphatic heterocycles. The van der Waals surface area contributed by atoms with Gasteiger partial charge in [0.1, 0.15) is 0 Å². The summed E-state index contributed by atoms with van der Waals surface area (Å²) < 4.78 is 46.0. The predicted octanol–water partition coefficient (Wildman–Crippen LogP) is 0.647. The van der Waals surface area contributed by atoms with E-state index in [9.17, 15) is 16.8 Å². The summed E-state index contributed by atoms with van der Waals surface area (Å²) in [5.74, 6) is -0.627. The van der Waals surface area contributed by atoms with Crippen molar-refractivity contribution in [1.82, 2.24) is 0 Å². The van der Waals surface area contributed by atoms with Gasteiger partial charge < -0.3 is 5.53 Å². The molecule has 0 amide bonds. The molecule has 0 spiro atoms. The van der Waals surface area contributed by atoms with Crippen molar-refractivity contribution in [2.24, 2.45) is 0 Å². The molecule has 0 radical (unpaired) electrons. The van der Waals surface area contributed by atoms with Crippen LogP contribution in [0.2, 0.25) is 0 Å². The summed E-state index contributed by atoms with van der Waals surface area (Å²) in [6.45, 7) is 3.21. The molecule has 0 aromatic heterocycles. The second-order valence-electron chi connectivity index (χ2n) is 3.25. The number of sulfone groups is 2. The van der Waals surface area contributed by atoms with Crippen LogP contribution in [0.4, 0.5) is 0 Å². The normalized spacial score (nSPS) is 11.6. The highest BCUT2D eigenvalue weighted by molar-refractivity contribution is 8.31. The Hall–Kier alpha value is -1.76. The second-order valence-corrected chi connectivity index (χ2v) is 7.33. The fourth-order valence-electron chi connectivity index (χ4n) is 1.21. The van der Waals surface area contributed by atoms with Crippen molar-refractivity contribution in [3.63, 3.8) is 0 Å². The Kier molecular flexibility index (Phi) is 4.18. The molecular weight excluding hydrogens is 276 g/mol. The lowest BCUT2D eigenvalue weighted by Gasteiger charge is -1.99. The van der Waals surface area contributed by atoms with Crippen LogP contribution in [0.15, 0.2) is 47.9 Å². The van der Waals surface area contributed by atoms with Gasteiger partial charge in [0.15, 0.2) is 0 Å². The molecule has 0 heterocycles. The average Bonchev–Trinajstić information content (AvgIpc) is 2.30. The highest BCUT2D eigenvalue weighted by Gasteiger charge is 2.41. The minimum absolute atomic E-state index is 0.259. The van der Waals surface area contributed by atoms with E-state index in [2.05, 4.69) is 11.4 Å². The van der Waals surface area contributed by atoms with Crippen molar-refractivity contribution in [1.29, 1.82) is 0 Å². The number of hydrogen-bond acceptors (Lipinski definition) is 4. The van der Waals surface area contributed by atoms with Gasteiger partial charge in [-0.1, -0.05) is 24.3 Å². The molecule has 1 aromatic carbocycles. The average molecular weight is 286 g/mol. The van der Waals surface area contributed by atoms with E-state index in [1.807, 2.05) is 0 Å². The van der Waals surface area contributed by atoms with Crippen molar-refractivity contribution in [2.75, 3.05) is 5.75 Å². The van der Waals surface area contributed by atoms with Crippen LogP contribution >= 0.6 is 0 Å². The topological polar surface area (TPSA) is 105 Å². The summed E-state index contributed by atoms with van der Waals surface area (Å²) in [4.78, 5) is 2.16. The maximum Gasteiger partial charge on any atom is 0.499 e. The molecular formula is C10H10N2O4S2. The summed E-state index contributed by atoms with van der Waals surface area (Å²) in [5.41, 5.74) is 8.68. The minimum Gasteiger partial charge on any atom is -0.359 e. The second kappa shape index (κ2) is 5.26. The lowest BCUT2D eigenvalue weighted by molar-refractivity contribution is 0.00383. The van der Waals surface area contributed by atoms with Gasteiger partial charge in [0.2, 0.25) is 0 Å². The molecule has 6 nitrogen and oxygen atoms in total. The van der Waals surface area contributed by atoms with Gasteiger partial charge in [-0.2, -0.15) is 0 Å². The van der Waals surface area contributed by atoms with E-state index >= 15 is 0 Å². The van der Waals surface area contributed by atoms with Gasteiger partial charge in [-0.25, -0.2) is 16.8 Å². The van der Waals surface area contributed by atoms with E-state index in [0.29, 0.717) is 0 Å². The fraction of sp³-hybridized carbons (Fsp3) is 0.100. The first-order chi connectivity index (χ1) is 8.36. The van der Waals surface area contributed by atoms with E-state index < -0.39 is 29.8 Å². The minimum atomic E-state index is -4.37. The van der Waals surface area contributed by atoms with Crippen LogP contribution in [-0.4, -0.2) is 31.8 Å². The lowest BCUT2D eigenvalue weighted by atomic mass is 10.4. The van der Waals surface area contributed by atoms with Gasteiger partial charge >= 0.3 is 4.38 Å². The predicted molar refractivity (Wildman–Crippen MR) is 66.2 cm³/mol. The van der Waals surface area contributed by atoms with Crippen LogP contribution in [0.25, 0.3) is 5.53 Å². The van der Waals surface area contributed by atoms with Crippen molar-refractivity contribution in [3.8, 4) is 0 Å². The van der Waals surface area contributed by atoms with E-state index in [1.54, 1.807) is 6.07 Å². The van der Waals surface area contributed by atoms with Crippen molar-refractivity contribution in [3.05, 3.63) is 48.5 Å². The quantitative estimate of drug-likeness (QED) is 0.267. The third-order valence-electron chi connectivity index (χ3n) is 1.97. The summed E-state index contributed by atoms with van der Waals surface area (Å²) in [7, 11) is -8.60. The molecule has 0 aliphatic rings. The van der Waals surface area contributed by atoms with Crippen molar-refractivity contribution < 1.29 is 21.6 Å². The third kappa shape index (κ3) is 2.73. The van der Waals surface area contributed by atoms with Crippen LogP contribution in [-0.2, 0) is 19.7 Å². The number of rotatable bonds is 3. The molecule has 8 heteroatoms. The van der Waals surface area contributed by atoms with Gasteiger partial charge in [0, 0.05) is 0 Å². The molecule has 0 atom stereocenters. The number of hydrogen-bond donors (Lipinski definition) is 0. The Balaban J connectivity index is 3.46. The zero-order chi connectivity index (χ0) is 13.8. The molecule has 0 saturated heterocycles. The van der Waals surface area contributed by atoms with Gasteiger partial charge in [-0.15, -0.1) is 11.4 Å². The van der Waals surface area contributed by atoms with Crippen LogP contribution in [0.5, 0.6) is 0 Å². The molecule has 0 aliphatic carbocycles. The fourth-order valence-corrected chi connectivity index (χ4v) is 4.44. The standard InChI is InChI=1S/C10H10N2O4S2/c1-2-8-17(13,14)10(12-11)18(15,16)9-6-4-3-5-7-9/h2-7H,1,8H2. The first-order valence-electron chi connectivity index (χ1n) is 4.72. The zero-order valence-corrected chi connectivity index (χ0v) is 10.9. The molecule has 0 bridgehead atoms. The van der Waals surface area contributed by atoms with E-state index in [4.69, 9.17) is 5.53 Å². The van der Waals surface area contributed by atoms with Crippen LogP contribution in [0.1, 0.15) is 0 Å². The molecule has 0 N–H and O–H groups in total. The van der Waals surface area contributed by atoms with Gasteiger partial charge in [0.05, 0.1) is 10.6 Å². The number of benzene rings is 1. The lowest BCUT2D eigenvalue weighted by Crippen LogP contribution is -2.27. The Bertz CT molecular complexity index is 700. The van der Waals surface area contributed by atoms with Crippen LogP contribution in [0.3, 0.4) is 0 Å². The van der Waals surface area contributed by atoms with Crippen molar-refractivity contribution in [2.45, 2.75) is 4.90 Å². The number of nitrogens with zero attached hydrogens (tertiary/aromatic N) is 2. The molecule has 1 aromatic rings. The van der Waals surface area contributed by atoms with Crippen LogP contribution < -0.4 is 0 Å². The van der Waals surface area contributed by atoms with E-state index in [0.717, 1.165) is 6.08 Å². The van der Waals surface area contributed by atoms with Gasteiger partial charge in [0.25, 0.3) is 19.7 Å². The Labute approximate surface area is 105 Å². The SMILES string of the molecule is C=CCS(=O)(=O)C(=[N+]=[N-])S(=O)(=O)c1ccccc1. The van der Waals surface area contributed by atoms with E-state index in [1.165, 1.54) is 24.3 Å². The molecule has 0 fully saturated rings. The highest BCUT2D eigenvalue weighted by Crippen LogP contribution is 2.14. The van der Waals surface area contributed by atoms with Gasteiger partial charge in [-0.05, 0) is 12.1 Å². The summed E-state index contributed by atoms with van der Waals surface area (Å²) in [6, 6.07) is 6.87. The molecule has 1 rings (SSSR count). The largest absolute Gasteiger partial charge is 0.499 e. The van der Waals surface area contributed by atoms with E-state index in [-0.39, 0.29) is 4.90 Å². The molecule has 18 heavy (non-hydrogen) atoms. The first-order valence-corrected chi connectivity index (χ1v) is 7.85. The zero-order valence-electron chi connectivity index (χ0n) is 9.22. The van der Waals surface area contributed by atoms with Gasteiger partial charge in [-0.3, -0.25) is 0 Å².